The number of nitrogens with zero attached hydrogens (tertiary/aromatic N) is 1. The van der Waals surface area contributed by atoms with Gasteiger partial charge < -0.3 is 20.1 Å². The van der Waals surface area contributed by atoms with Crippen LogP contribution in [0.3, 0.4) is 0 Å². The van der Waals surface area contributed by atoms with Gasteiger partial charge in [-0.2, -0.15) is 5.26 Å². The Labute approximate surface area is 151 Å². The first-order chi connectivity index (χ1) is 12.5. The van der Waals surface area contributed by atoms with Crippen LogP contribution in [0.1, 0.15) is 21.5 Å². The molecule has 2 amide bonds. The van der Waals surface area contributed by atoms with E-state index in [9.17, 15) is 9.59 Å². The van der Waals surface area contributed by atoms with Crippen molar-refractivity contribution in [3.8, 4) is 17.6 Å². The average Bonchev–Trinajstić information content (AvgIpc) is 2.67. The fraction of sp³-hybridized carbons (Fsp3) is 0.211. The number of amides is 2. The Balaban J connectivity index is 2.06. The van der Waals surface area contributed by atoms with Gasteiger partial charge in [0.05, 0.1) is 18.7 Å². The molecule has 134 valence electrons. The van der Waals surface area contributed by atoms with Crippen molar-refractivity contribution in [1.29, 1.82) is 5.26 Å². The highest BCUT2D eigenvalue weighted by atomic mass is 16.5. The Bertz CT molecular complexity index is 872. The number of carbonyl (C=O) groups is 2. The summed E-state index contributed by atoms with van der Waals surface area (Å²) in [6.07, 6.45) is 0. The molecule has 0 aliphatic heterocycles. The minimum Gasteiger partial charge on any atom is -0.493 e. The standard InChI is InChI=1S/C19H19N3O4/c1-12-14(19(24)21-2)5-4-6-15(12)22-18(23)11-26-16-8-7-13(10-20)9-17(16)25-3/h4-9H,11H2,1-3H3,(H,21,24)(H,22,23). The molecule has 26 heavy (non-hydrogen) atoms. The molecule has 2 aromatic rings. The summed E-state index contributed by atoms with van der Waals surface area (Å²) in [7, 11) is 3.00. The van der Waals surface area contributed by atoms with Gasteiger partial charge in [0.15, 0.2) is 18.1 Å². The van der Waals surface area contributed by atoms with Gasteiger partial charge in [-0.05, 0) is 36.8 Å². The predicted octanol–water partition coefficient (Wildman–Crippen LogP) is 2.25. The molecule has 0 atom stereocenters. The Morgan fingerprint density at radius 3 is 2.62 bits per heavy atom. The van der Waals surface area contributed by atoms with E-state index in [1.807, 2.05) is 6.07 Å². The summed E-state index contributed by atoms with van der Waals surface area (Å²) < 4.78 is 10.6. The van der Waals surface area contributed by atoms with Gasteiger partial charge in [-0.3, -0.25) is 9.59 Å². The molecule has 0 saturated heterocycles. The van der Waals surface area contributed by atoms with Gasteiger partial charge in [-0.1, -0.05) is 6.07 Å². The van der Waals surface area contributed by atoms with E-state index >= 15 is 0 Å². The summed E-state index contributed by atoms with van der Waals surface area (Å²) >= 11 is 0. The number of hydrogen-bond acceptors (Lipinski definition) is 5. The van der Waals surface area contributed by atoms with E-state index in [2.05, 4.69) is 10.6 Å². The Hall–Kier alpha value is -3.53. The third-order valence-electron chi connectivity index (χ3n) is 3.73. The van der Waals surface area contributed by atoms with Crippen LogP contribution >= 0.6 is 0 Å². The van der Waals surface area contributed by atoms with E-state index in [0.29, 0.717) is 33.9 Å². The first-order valence-corrected chi connectivity index (χ1v) is 7.82. The molecule has 2 N–H and O–H groups in total. The smallest absolute Gasteiger partial charge is 0.262 e. The van der Waals surface area contributed by atoms with Gasteiger partial charge in [0, 0.05) is 24.4 Å². The van der Waals surface area contributed by atoms with Crippen molar-refractivity contribution < 1.29 is 19.1 Å². The summed E-state index contributed by atoms with van der Waals surface area (Å²) in [5.74, 6) is 0.123. The number of carbonyl (C=O) groups excluding carboxylic acids is 2. The monoisotopic (exact) mass is 353 g/mol. The fourth-order valence-electron chi connectivity index (χ4n) is 2.34. The molecule has 0 radical (unpaired) electrons. The number of ether oxygens (including phenoxy) is 2. The van der Waals surface area contributed by atoms with Crippen molar-refractivity contribution in [2.24, 2.45) is 0 Å². The molecule has 0 saturated carbocycles. The van der Waals surface area contributed by atoms with Crippen LogP contribution in [0.2, 0.25) is 0 Å². The maximum Gasteiger partial charge on any atom is 0.262 e. The van der Waals surface area contributed by atoms with Crippen LogP contribution in [-0.4, -0.2) is 32.6 Å². The number of benzene rings is 2. The molecule has 0 spiro atoms. The van der Waals surface area contributed by atoms with Crippen molar-refractivity contribution in [3.63, 3.8) is 0 Å². The lowest BCUT2D eigenvalue weighted by Gasteiger charge is -2.13. The minimum atomic E-state index is -0.381. The van der Waals surface area contributed by atoms with E-state index < -0.39 is 0 Å². The van der Waals surface area contributed by atoms with Gasteiger partial charge in [0.1, 0.15) is 0 Å². The lowest BCUT2D eigenvalue weighted by molar-refractivity contribution is -0.118. The van der Waals surface area contributed by atoms with Crippen LogP contribution < -0.4 is 20.1 Å². The van der Waals surface area contributed by atoms with Crippen molar-refractivity contribution in [2.45, 2.75) is 6.92 Å². The summed E-state index contributed by atoms with van der Waals surface area (Å²) in [4.78, 5) is 24.0. The van der Waals surface area contributed by atoms with Crippen LogP contribution in [0.15, 0.2) is 36.4 Å². The quantitative estimate of drug-likeness (QED) is 0.829. The molecular formula is C19H19N3O4. The summed E-state index contributed by atoms with van der Waals surface area (Å²) in [5.41, 5.74) is 2.11. The Morgan fingerprint density at radius 1 is 1.19 bits per heavy atom. The van der Waals surface area contributed by atoms with Crippen LogP contribution in [0.25, 0.3) is 0 Å². The second kappa shape index (κ2) is 8.53. The average molecular weight is 353 g/mol. The zero-order valence-corrected chi connectivity index (χ0v) is 14.8. The van der Waals surface area contributed by atoms with Crippen molar-refractivity contribution in [3.05, 3.63) is 53.1 Å². The first-order valence-electron chi connectivity index (χ1n) is 7.82. The fourth-order valence-corrected chi connectivity index (χ4v) is 2.34. The molecule has 0 fully saturated rings. The normalized spacial score (nSPS) is 9.77. The maximum absolute atomic E-state index is 12.2. The third-order valence-corrected chi connectivity index (χ3v) is 3.73. The molecule has 0 unspecified atom stereocenters. The number of rotatable bonds is 6. The van der Waals surface area contributed by atoms with Crippen LogP contribution in [0.5, 0.6) is 11.5 Å². The number of hydrogen-bond donors (Lipinski definition) is 2. The zero-order valence-electron chi connectivity index (χ0n) is 14.8. The molecule has 2 aromatic carbocycles. The van der Waals surface area contributed by atoms with E-state index in [0.717, 1.165) is 0 Å². The number of methoxy groups -OCH3 is 1. The van der Waals surface area contributed by atoms with Crippen LogP contribution in [-0.2, 0) is 4.79 Å². The summed E-state index contributed by atoms with van der Waals surface area (Å²) in [5, 5.41) is 14.2. The number of nitriles is 1. The highest BCUT2D eigenvalue weighted by molar-refractivity contribution is 5.99. The number of nitrogens with one attached hydrogen (secondary N) is 2. The van der Waals surface area contributed by atoms with E-state index in [4.69, 9.17) is 14.7 Å². The molecule has 0 bridgehead atoms. The zero-order chi connectivity index (χ0) is 19.1. The minimum absolute atomic E-state index is 0.225. The summed E-state index contributed by atoms with van der Waals surface area (Å²) in [6, 6.07) is 11.8. The highest BCUT2D eigenvalue weighted by Crippen LogP contribution is 2.28. The van der Waals surface area contributed by atoms with Gasteiger partial charge >= 0.3 is 0 Å². The van der Waals surface area contributed by atoms with Crippen LogP contribution in [0.4, 0.5) is 5.69 Å². The van der Waals surface area contributed by atoms with Crippen molar-refractivity contribution in [2.75, 3.05) is 26.1 Å². The largest absolute Gasteiger partial charge is 0.493 e. The predicted molar refractivity (Wildman–Crippen MR) is 96.4 cm³/mol. The molecule has 0 aliphatic rings. The number of anilines is 1. The van der Waals surface area contributed by atoms with E-state index in [-0.39, 0.29) is 18.4 Å². The second-order valence-corrected chi connectivity index (χ2v) is 5.37. The van der Waals surface area contributed by atoms with Crippen molar-refractivity contribution in [1.82, 2.24) is 5.32 Å². The molecule has 0 aromatic heterocycles. The third kappa shape index (κ3) is 4.30. The van der Waals surface area contributed by atoms with Crippen LogP contribution in [0, 0.1) is 18.3 Å². The van der Waals surface area contributed by atoms with E-state index in [1.165, 1.54) is 13.2 Å². The van der Waals surface area contributed by atoms with Gasteiger partial charge in [-0.25, -0.2) is 0 Å². The molecule has 7 heteroatoms. The van der Waals surface area contributed by atoms with Gasteiger partial charge in [-0.15, -0.1) is 0 Å². The van der Waals surface area contributed by atoms with Gasteiger partial charge in [0.2, 0.25) is 0 Å². The van der Waals surface area contributed by atoms with Gasteiger partial charge in [0.25, 0.3) is 11.8 Å². The molecule has 0 heterocycles. The SMILES string of the molecule is CNC(=O)c1cccc(NC(=O)COc2ccc(C#N)cc2OC)c1C. The lowest BCUT2D eigenvalue weighted by atomic mass is 10.1. The molecule has 2 rings (SSSR count). The van der Waals surface area contributed by atoms with Crippen molar-refractivity contribution >= 4 is 17.5 Å². The first kappa shape index (κ1) is 18.8. The molecular weight excluding hydrogens is 334 g/mol. The second-order valence-electron chi connectivity index (χ2n) is 5.37. The van der Waals surface area contributed by atoms with E-state index in [1.54, 1.807) is 44.3 Å². The Morgan fingerprint density at radius 2 is 1.96 bits per heavy atom. The topological polar surface area (TPSA) is 100 Å². The maximum atomic E-state index is 12.2. The highest BCUT2D eigenvalue weighted by Gasteiger charge is 2.13. The summed E-state index contributed by atoms with van der Waals surface area (Å²) in [6.45, 7) is 1.51. The molecule has 7 nitrogen and oxygen atoms in total. The molecule has 0 aliphatic carbocycles. The Kier molecular flexibility index (Phi) is 6.17. The lowest BCUT2D eigenvalue weighted by Crippen LogP contribution is -2.23.